The highest BCUT2D eigenvalue weighted by Gasteiger charge is 2.36. The zero-order valence-corrected chi connectivity index (χ0v) is 10.9. The Labute approximate surface area is 118 Å². The third-order valence-electron chi connectivity index (χ3n) is 3.11. The van der Waals surface area contributed by atoms with Gasteiger partial charge in [-0.1, -0.05) is 0 Å². The maximum atomic E-state index is 12.9. The number of carbonyl (C=O) groups excluding carboxylic acids is 1. The smallest absolute Gasteiger partial charge is 0.369 e. The second kappa shape index (κ2) is 5.71. The lowest BCUT2D eigenvalue weighted by molar-refractivity contribution is -0.136. The predicted molar refractivity (Wildman–Crippen MR) is 69.2 cm³/mol. The van der Waals surface area contributed by atoms with E-state index >= 15 is 0 Å². The van der Waals surface area contributed by atoms with Crippen molar-refractivity contribution in [1.29, 1.82) is 0 Å². The van der Waals surface area contributed by atoms with E-state index in [4.69, 9.17) is 5.73 Å². The number of carbonyl (C=O) groups is 1. The van der Waals surface area contributed by atoms with Crippen LogP contribution in [0.15, 0.2) is 29.3 Å². The van der Waals surface area contributed by atoms with Crippen LogP contribution in [0.5, 0.6) is 0 Å². The van der Waals surface area contributed by atoms with Gasteiger partial charge in [-0.3, -0.25) is 9.69 Å². The zero-order chi connectivity index (χ0) is 15.6. The van der Waals surface area contributed by atoms with Gasteiger partial charge in [0.25, 0.3) is 5.91 Å². The fourth-order valence-corrected chi connectivity index (χ4v) is 2.17. The molecule has 1 atom stereocenters. The van der Waals surface area contributed by atoms with Gasteiger partial charge in [0, 0.05) is 12.1 Å². The standard InChI is InChI=1S/C13H13F4N3O/c14-8-3-5-9(6-4-8)20-10(11(21)19-12(20)18)2-1-7-13(15,16)17/h3-6,10H,1-2,7H2,(H2,18,19,21). The number of nitrogens with zero attached hydrogens (tertiary/aromatic N) is 2. The van der Waals surface area contributed by atoms with Crippen LogP contribution in [0, 0.1) is 5.82 Å². The minimum atomic E-state index is -4.27. The van der Waals surface area contributed by atoms with Crippen LogP contribution in [0.25, 0.3) is 0 Å². The summed E-state index contributed by atoms with van der Waals surface area (Å²) in [5, 5.41) is 0. The van der Waals surface area contributed by atoms with Crippen LogP contribution < -0.4 is 10.6 Å². The molecule has 1 aliphatic heterocycles. The number of aliphatic imine (C=N–C) groups is 1. The molecule has 0 aromatic heterocycles. The number of anilines is 1. The molecule has 0 radical (unpaired) electrons. The minimum Gasteiger partial charge on any atom is -0.369 e. The highest BCUT2D eigenvalue weighted by molar-refractivity contribution is 6.12. The van der Waals surface area contributed by atoms with Gasteiger partial charge in [0.2, 0.25) is 5.96 Å². The maximum Gasteiger partial charge on any atom is 0.389 e. The van der Waals surface area contributed by atoms with Crippen molar-refractivity contribution in [1.82, 2.24) is 0 Å². The lowest BCUT2D eigenvalue weighted by atomic mass is 10.1. The summed E-state index contributed by atoms with van der Waals surface area (Å²) in [5.74, 6) is -1.14. The largest absolute Gasteiger partial charge is 0.389 e. The highest BCUT2D eigenvalue weighted by atomic mass is 19.4. The van der Waals surface area contributed by atoms with Crippen molar-refractivity contribution >= 4 is 17.6 Å². The fourth-order valence-electron chi connectivity index (χ4n) is 2.17. The molecule has 2 N–H and O–H groups in total. The number of rotatable bonds is 4. The van der Waals surface area contributed by atoms with E-state index in [9.17, 15) is 22.4 Å². The molecular weight excluding hydrogens is 290 g/mol. The topological polar surface area (TPSA) is 58.7 Å². The number of alkyl halides is 3. The molecule has 0 spiro atoms. The SMILES string of the molecule is NC1=NC(=O)C(CCCC(F)(F)F)N1c1ccc(F)cc1. The van der Waals surface area contributed by atoms with E-state index in [0.717, 1.165) is 0 Å². The first-order chi connectivity index (χ1) is 9.78. The molecule has 114 valence electrons. The molecule has 21 heavy (non-hydrogen) atoms. The summed E-state index contributed by atoms with van der Waals surface area (Å²) in [6.07, 6.45) is -5.48. The Bertz CT molecular complexity index is 554. The Morgan fingerprint density at radius 1 is 1.24 bits per heavy atom. The van der Waals surface area contributed by atoms with E-state index in [0.29, 0.717) is 5.69 Å². The normalized spacial score (nSPS) is 19.0. The van der Waals surface area contributed by atoms with Crippen LogP contribution in [0.2, 0.25) is 0 Å². The van der Waals surface area contributed by atoms with Gasteiger partial charge in [-0.05, 0) is 37.1 Å². The molecule has 2 rings (SSSR count). The molecule has 1 aromatic rings. The second-order valence-corrected chi connectivity index (χ2v) is 4.68. The summed E-state index contributed by atoms with van der Waals surface area (Å²) in [4.78, 5) is 16.6. The van der Waals surface area contributed by atoms with Gasteiger partial charge in [-0.25, -0.2) is 4.39 Å². The lowest BCUT2D eigenvalue weighted by Gasteiger charge is -2.25. The molecule has 1 heterocycles. The number of benzene rings is 1. The molecule has 1 amide bonds. The van der Waals surface area contributed by atoms with Crippen LogP contribution in [0.4, 0.5) is 23.2 Å². The van der Waals surface area contributed by atoms with E-state index in [1.165, 1.54) is 29.2 Å². The van der Waals surface area contributed by atoms with Crippen molar-refractivity contribution < 1.29 is 22.4 Å². The number of nitrogens with two attached hydrogens (primary N) is 1. The van der Waals surface area contributed by atoms with Crippen molar-refractivity contribution in [2.45, 2.75) is 31.5 Å². The number of guanidine groups is 1. The van der Waals surface area contributed by atoms with Gasteiger partial charge in [-0.15, -0.1) is 0 Å². The molecular formula is C13H13F4N3O. The van der Waals surface area contributed by atoms with Crippen LogP contribution in [0.1, 0.15) is 19.3 Å². The molecule has 8 heteroatoms. The van der Waals surface area contributed by atoms with Gasteiger partial charge in [-0.2, -0.15) is 18.2 Å². The maximum absolute atomic E-state index is 12.9. The van der Waals surface area contributed by atoms with Gasteiger partial charge in [0.15, 0.2) is 0 Å². The van der Waals surface area contributed by atoms with Crippen LogP contribution in [-0.4, -0.2) is 24.1 Å². The first-order valence-corrected chi connectivity index (χ1v) is 6.27. The Hall–Kier alpha value is -2.12. The van der Waals surface area contributed by atoms with Gasteiger partial charge in [0.05, 0.1) is 0 Å². The van der Waals surface area contributed by atoms with E-state index in [-0.39, 0.29) is 18.8 Å². The van der Waals surface area contributed by atoms with Crippen LogP contribution >= 0.6 is 0 Å². The highest BCUT2D eigenvalue weighted by Crippen LogP contribution is 2.28. The fraction of sp³-hybridized carbons (Fsp3) is 0.385. The molecule has 0 saturated heterocycles. The Morgan fingerprint density at radius 2 is 1.86 bits per heavy atom. The Morgan fingerprint density at radius 3 is 2.43 bits per heavy atom. The summed E-state index contributed by atoms with van der Waals surface area (Å²) < 4.78 is 49.4. The average Bonchev–Trinajstić information content (AvgIpc) is 2.64. The van der Waals surface area contributed by atoms with Crippen LogP contribution in [0.3, 0.4) is 0 Å². The predicted octanol–water partition coefficient (Wildman–Crippen LogP) is 2.59. The Kier molecular flexibility index (Phi) is 4.15. The quantitative estimate of drug-likeness (QED) is 0.870. The minimum absolute atomic E-state index is 0.0279. The van der Waals surface area contributed by atoms with Crippen molar-refractivity contribution in [2.24, 2.45) is 10.7 Å². The first kappa shape index (κ1) is 15.3. The first-order valence-electron chi connectivity index (χ1n) is 6.27. The lowest BCUT2D eigenvalue weighted by Crippen LogP contribution is -2.42. The van der Waals surface area contributed by atoms with E-state index in [2.05, 4.69) is 4.99 Å². The third kappa shape index (κ3) is 3.71. The van der Waals surface area contributed by atoms with Crippen molar-refractivity contribution in [3.05, 3.63) is 30.1 Å². The molecule has 1 unspecified atom stereocenters. The third-order valence-corrected chi connectivity index (χ3v) is 3.11. The van der Waals surface area contributed by atoms with Gasteiger partial charge >= 0.3 is 6.18 Å². The van der Waals surface area contributed by atoms with Gasteiger partial charge < -0.3 is 5.73 Å². The molecule has 0 saturated carbocycles. The number of hydrogen-bond acceptors (Lipinski definition) is 3. The summed E-state index contributed by atoms with van der Waals surface area (Å²) >= 11 is 0. The molecule has 0 fully saturated rings. The summed E-state index contributed by atoms with van der Waals surface area (Å²) in [7, 11) is 0. The molecule has 0 bridgehead atoms. The van der Waals surface area contributed by atoms with E-state index < -0.39 is 30.4 Å². The monoisotopic (exact) mass is 303 g/mol. The molecule has 1 aromatic carbocycles. The number of halogens is 4. The molecule has 0 aliphatic carbocycles. The van der Waals surface area contributed by atoms with Crippen LogP contribution in [-0.2, 0) is 4.79 Å². The summed E-state index contributed by atoms with van der Waals surface area (Å²) in [6, 6.07) is 4.27. The zero-order valence-electron chi connectivity index (χ0n) is 10.9. The molecule has 4 nitrogen and oxygen atoms in total. The van der Waals surface area contributed by atoms with Crippen molar-refractivity contribution in [3.8, 4) is 0 Å². The molecule has 1 aliphatic rings. The van der Waals surface area contributed by atoms with Crippen molar-refractivity contribution in [2.75, 3.05) is 4.90 Å². The van der Waals surface area contributed by atoms with Gasteiger partial charge in [0.1, 0.15) is 11.9 Å². The van der Waals surface area contributed by atoms with E-state index in [1.54, 1.807) is 0 Å². The number of amides is 1. The van der Waals surface area contributed by atoms with Crippen molar-refractivity contribution in [3.63, 3.8) is 0 Å². The number of hydrogen-bond donors (Lipinski definition) is 1. The van der Waals surface area contributed by atoms with E-state index in [1.807, 2.05) is 0 Å². The second-order valence-electron chi connectivity index (χ2n) is 4.68. The Balaban J connectivity index is 2.11. The summed E-state index contributed by atoms with van der Waals surface area (Å²) in [5.41, 5.74) is 6.04. The summed E-state index contributed by atoms with van der Waals surface area (Å²) in [6.45, 7) is 0. The average molecular weight is 303 g/mol.